The number of ether oxygens (including phenoxy) is 2. The van der Waals surface area contributed by atoms with E-state index in [9.17, 15) is 4.79 Å². The Morgan fingerprint density at radius 1 is 1.03 bits per heavy atom. The molecule has 1 atom stereocenters. The van der Waals surface area contributed by atoms with E-state index in [0.29, 0.717) is 16.7 Å². The van der Waals surface area contributed by atoms with Crippen molar-refractivity contribution in [3.63, 3.8) is 0 Å². The van der Waals surface area contributed by atoms with E-state index in [1.165, 1.54) is 11.8 Å². The van der Waals surface area contributed by atoms with Crippen molar-refractivity contribution in [2.75, 3.05) is 18.2 Å². The van der Waals surface area contributed by atoms with Gasteiger partial charge >= 0.3 is 0 Å². The van der Waals surface area contributed by atoms with Gasteiger partial charge in [0, 0.05) is 18.1 Å². The summed E-state index contributed by atoms with van der Waals surface area (Å²) in [4.78, 5) is 12.6. The van der Waals surface area contributed by atoms with Crippen LogP contribution in [-0.2, 0) is 11.8 Å². The third-order valence-electron chi connectivity index (χ3n) is 5.00. The number of hydrogen-bond donors (Lipinski definition) is 1. The average Bonchev–Trinajstić information content (AvgIpc) is 3.19. The van der Waals surface area contributed by atoms with E-state index >= 15 is 0 Å². The number of methoxy groups -OCH3 is 1. The van der Waals surface area contributed by atoms with Crippen LogP contribution in [0.5, 0.6) is 11.5 Å². The number of benzene rings is 3. The van der Waals surface area contributed by atoms with Gasteiger partial charge in [0.25, 0.3) is 0 Å². The molecule has 0 spiro atoms. The lowest BCUT2D eigenvalue weighted by Crippen LogP contribution is -2.15. The van der Waals surface area contributed by atoms with Crippen molar-refractivity contribution in [1.82, 2.24) is 14.8 Å². The summed E-state index contributed by atoms with van der Waals surface area (Å²) in [6.07, 6.45) is -0.306. The zero-order chi connectivity index (χ0) is 22.5. The molecule has 8 heteroatoms. The largest absolute Gasteiger partial charge is 0.497 e. The molecule has 1 unspecified atom stereocenters. The highest BCUT2D eigenvalue weighted by atomic mass is 32.2. The Labute approximate surface area is 190 Å². The van der Waals surface area contributed by atoms with Crippen LogP contribution in [0.4, 0.5) is 5.69 Å². The number of rotatable bonds is 8. The fraction of sp³-hybridized carbons (Fsp3) is 0.208. The molecular weight excluding hydrogens is 424 g/mol. The van der Waals surface area contributed by atoms with Gasteiger partial charge in [-0.15, -0.1) is 10.2 Å². The zero-order valence-corrected chi connectivity index (χ0v) is 18.9. The molecule has 1 N–H and O–H groups in total. The molecule has 0 aliphatic rings. The SMILES string of the molecule is COc1ccc(OC(C)c2nnc(SCC(=O)Nc3cccc4ccccc34)n2C)cc1. The van der Waals surface area contributed by atoms with Crippen molar-refractivity contribution >= 4 is 34.1 Å². The molecule has 7 nitrogen and oxygen atoms in total. The van der Waals surface area contributed by atoms with Crippen LogP contribution in [0.1, 0.15) is 18.9 Å². The monoisotopic (exact) mass is 448 g/mol. The minimum Gasteiger partial charge on any atom is -0.497 e. The normalized spacial score (nSPS) is 11.8. The van der Waals surface area contributed by atoms with E-state index in [0.717, 1.165) is 22.2 Å². The van der Waals surface area contributed by atoms with E-state index in [-0.39, 0.29) is 17.8 Å². The van der Waals surface area contributed by atoms with E-state index in [1.54, 1.807) is 7.11 Å². The first-order valence-electron chi connectivity index (χ1n) is 10.2. The van der Waals surface area contributed by atoms with Gasteiger partial charge in [-0.3, -0.25) is 4.79 Å². The third-order valence-corrected chi connectivity index (χ3v) is 6.02. The van der Waals surface area contributed by atoms with Crippen LogP contribution in [0, 0.1) is 0 Å². The maximum absolute atomic E-state index is 12.6. The molecule has 3 aromatic carbocycles. The Morgan fingerprint density at radius 2 is 1.75 bits per heavy atom. The summed E-state index contributed by atoms with van der Waals surface area (Å²) >= 11 is 1.33. The predicted octanol–water partition coefficient (Wildman–Crippen LogP) is 4.85. The summed E-state index contributed by atoms with van der Waals surface area (Å²) in [5.74, 6) is 2.29. The van der Waals surface area contributed by atoms with Gasteiger partial charge in [0.1, 0.15) is 11.5 Å². The van der Waals surface area contributed by atoms with Crippen LogP contribution in [0.15, 0.2) is 71.9 Å². The summed E-state index contributed by atoms with van der Waals surface area (Å²) in [7, 11) is 3.49. The molecule has 1 amide bonds. The highest BCUT2D eigenvalue weighted by Crippen LogP contribution is 2.26. The number of aromatic nitrogens is 3. The lowest BCUT2D eigenvalue weighted by atomic mass is 10.1. The molecular formula is C24H24N4O3S. The number of anilines is 1. The quantitative estimate of drug-likeness (QED) is 0.388. The molecule has 1 aromatic heterocycles. The second-order valence-electron chi connectivity index (χ2n) is 7.20. The molecule has 4 rings (SSSR count). The maximum atomic E-state index is 12.6. The summed E-state index contributed by atoms with van der Waals surface area (Å²) in [5.41, 5.74) is 0.800. The predicted molar refractivity (Wildman–Crippen MR) is 126 cm³/mol. The Balaban J connectivity index is 1.37. The molecule has 164 valence electrons. The van der Waals surface area contributed by atoms with Crippen LogP contribution >= 0.6 is 11.8 Å². The number of nitrogens with zero attached hydrogens (tertiary/aromatic N) is 3. The number of thioether (sulfide) groups is 1. The summed E-state index contributed by atoms with van der Waals surface area (Å²) in [6, 6.07) is 21.2. The molecule has 0 fully saturated rings. The Kier molecular flexibility index (Phi) is 6.61. The van der Waals surface area contributed by atoms with Crippen LogP contribution in [0.3, 0.4) is 0 Å². The van der Waals surface area contributed by atoms with Gasteiger partial charge in [0.15, 0.2) is 17.1 Å². The first kappa shape index (κ1) is 21.7. The van der Waals surface area contributed by atoms with Crippen molar-refractivity contribution in [1.29, 1.82) is 0 Å². The second-order valence-corrected chi connectivity index (χ2v) is 8.14. The minimum absolute atomic E-state index is 0.0987. The number of hydrogen-bond acceptors (Lipinski definition) is 6. The molecule has 0 saturated heterocycles. The van der Waals surface area contributed by atoms with Gasteiger partial charge < -0.3 is 19.4 Å². The smallest absolute Gasteiger partial charge is 0.234 e. The topological polar surface area (TPSA) is 78.3 Å². The van der Waals surface area contributed by atoms with Crippen LogP contribution < -0.4 is 14.8 Å². The lowest BCUT2D eigenvalue weighted by Gasteiger charge is -2.14. The zero-order valence-electron chi connectivity index (χ0n) is 18.1. The van der Waals surface area contributed by atoms with Crippen LogP contribution in [-0.4, -0.2) is 33.5 Å². The van der Waals surface area contributed by atoms with Crippen molar-refractivity contribution in [2.45, 2.75) is 18.2 Å². The molecule has 0 saturated carbocycles. The van der Waals surface area contributed by atoms with Crippen LogP contribution in [0.25, 0.3) is 10.8 Å². The van der Waals surface area contributed by atoms with Crippen LogP contribution in [0.2, 0.25) is 0 Å². The van der Waals surface area contributed by atoms with E-state index in [2.05, 4.69) is 15.5 Å². The van der Waals surface area contributed by atoms with Gasteiger partial charge in [-0.2, -0.15) is 0 Å². The standard InChI is InChI=1S/C24H24N4O3S/c1-16(31-19-13-11-18(30-3)12-14-19)23-26-27-24(28(23)2)32-15-22(29)25-21-10-6-8-17-7-4-5-9-20(17)21/h4-14,16H,15H2,1-3H3,(H,25,29). The summed E-state index contributed by atoms with van der Waals surface area (Å²) in [6.45, 7) is 1.91. The highest BCUT2D eigenvalue weighted by molar-refractivity contribution is 7.99. The van der Waals surface area contributed by atoms with Gasteiger partial charge in [-0.1, -0.05) is 48.2 Å². The number of fused-ring (bicyclic) bond motifs is 1. The van der Waals surface area contributed by atoms with Crippen molar-refractivity contribution in [3.8, 4) is 11.5 Å². The van der Waals surface area contributed by atoms with Gasteiger partial charge in [-0.05, 0) is 42.6 Å². The number of nitrogens with one attached hydrogen (secondary N) is 1. The molecule has 0 aliphatic carbocycles. The fourth-order valence-corrected chi connectivity index (χ4v) is 4.09. The number of carbonyl (C=O) groups excluding carboxylic acids is 1. The first-order chi connectivity index (χ1) is 15.5. The molecule has 0 bridgehead atoms. The van der Waals surface area contributed by atoms with E-state index in [4.69, 9.17) is 9.47 Å². The summed E-state index contributed by atoms with van der Waals surface area (Å²) < 4.78 is 13.0. The molecule has 32 heavy (non-hydrogen) atoms. The van der Waals surface area contributed by atoms with Gasteiger partial charge in [0.2, 0.25) is 5.91 Å². The van der Waals surface area contributed by atoms with Gasteiger partial charge in [-0.25, -0.2) is 0 Å². The third kappa shape index (κ3) is 4.86. The molecule has 0 radical (unpaired) electrons. The molecule has 1 heterocycles. The Hall–Kier alpha value is -3.52. The number of amides is 1. The maximum Gasteiger partial charge on any atom is 0.234 e. The fourth-order valence-electron chi connectivity index (χ4n) is 3.37. The Morgan fingerprint density at radius 3 is 2.53 bits per heavy atom. The average molecular weight is 449 g/mol. The second kappa shape index (κ2) is 9.74. The van der Waals surface area contributed by atoms with E-state index in [1.807, 2.05) is 85.3 Å². The lowest BCUT2D eigenvalue weighted by molar-refractivity contribution is -0.113. The Bertz CT molecular complexity index is 1220. The van der Waals surface area contributed by atoms with Crippen molar-refractivity contribution < 1.29 is 14.3 Å². The first-order valence-corrected chi connectivity index (χ1v) is 11.1. The van der Waals surface area contributed by atoms with Crippen molar-refractivity contribution in [2.24, 2.45) is 7.05 Å². The molecule has 4 aromatic rings. The molecule has 0 aliphatic heterocycles. The van der Waals surface area contributed by atoms with E-state index < -0.39 is 0 Å². The highest BCUT2D eigenvalue weighted by Gasteiger charge is 2.18. The summed E-state index contributed by atoms with van der Waals surface area (Å²) in [5, 5.41) is 14.2. The number of carbonyl (C=O) groups is 1. The van der Waals surface area contributed by atoms with Gasteiger partial charge in [0.05, 0.1) is 12.9 Å². The minimum atomic E-state index is -0.306. The van der Waals surface area contributed by atoms with Crippen molar-refractivity contribution in [3.05, 3.63) is 72.6 Å².